The highest BCUT2D eigenvalue weighted by molar-refractivity contribution is 5.49. The SMILES string of the molecule is CN(C)c1cccc(OCC(O)c2ccccc2F)c1. The molecular formula is C16H18FNO2. The third kappa shape index (κ3) is 3.48. The summed E-state index contributed by atoms with van der Waals surface area (Å²) in [4.78, 5) is 1.96. The van der Waals surface area contributed by atoms with E-state index >= 15 is 0 Å². The minimum absolute atomic E-state index is 0.0117. The number of halogens is 1. The van der Waals surface area contributed by atoms with Gasteiger partial charge in [-0.25, -0.2) is 4.39 Å². The lowest BCUT2D eigenvalue weighted by Gasteiger charge is -2.16. The van der Waals surface area contributed by atoms with Gasteiger partial charge in [-0.2, -0.15) is 0 Å². The summed E-state index contributed by atoms with van der Waals surface area (Å²) < 4.78 is 19.0. The van der Waals surface area contributed by atoms with Crippen LogP contribution in [0.5, 0.6) is 5.75 Å². The second-order valence-electron chi connectivity index (χ2n) is 4.74. The molecule has 0 amide bonds. The second-order valence-corrected chi connectivity index (χ2v) is 4.74. The molecule has 0 saturated heterocycles. The Morgan fingerprint density at radius 3 is 2.60 bits per heavy atom. The summed E-state index contributed by atoms with van der Waals surface area (Å²) in [6, 6.07) is 13.7. The van der Waals surface area contributed by atoms with E-state index in [9.17, 15) is 9.50 Å². The number of benzene rings is 2. The minimum atomic E-state index is -0.987. The van der Waals surface area contributed by atoms with E-state index in [0.29, 0.717) is 5.75 Å². The molecule has 0 spiro atoms. The lowest BCUT2D eigenvalue weighted by molar-refractivity contribution is 0.105. The van der Waals surface area contributed by atoms with Crippen molar-refractivity contribution in [2.45, 2.75) is 6.10 Å². The Morgan fingerprint density at radius 1 is 1.15 bits per heavy atom. The van der Waals surface area contributed by atoms with Gasteiger partial charge in [-0.05, 0) is 18.2 Å². The molecule has 20 heavy (non-hydrogen) atoms. The molecule has 0 aromatic heterocycles. The predicted molar refractivity (Wildman–Crippen MR) is 77.6 cm³/mol. The largest absolute Gasteiger partial charge is 0.490 e. The Kier molecular flexibility index (Phi) is 4.58. The Hall–Kier alpha value is -2.07. The van der Waals surface area contributed by atoms with Crippen LogP contribution in [0.2, 0.25) is 0 Å². The second kappa shape index (κ2) is 6.39. The van der Waals surface area contributed by atoms with Gasteiger partial charge in [0.05, 0.1) is 0 Å². The van der Waals surface area contributed by atoms with Crippen molar-refractivity contribution in [1.29, 1.82) is 0 Å². The molecule has 0 heterocycles. The van der Waals surface area contributed by atoms with E-state index in [1.165, 1.54) is 6.07 Å². The van der Waals surface area contributed by atoms with Gasteiger partial charge in [-0.3, -0.25) is 0 Å². The fourth-order valence-electron chi connectivity index (χ4n) is 1.86. The lowest BCUT2D eigenvalue weighted by atomic mass is 10.1. The van der Waals surface area contributed by atoms with Crippen molar-refractivity contribution in [2.24, 2.45) is 0 Å². The van der Waals surface area contributed by atoms with E-state index in [-0.39, 0.29) is 12.2 Å². The first kappa shape index (κ1) is 14.3. The molecule has 0 aliphatic rings. The molecular weight excluding hydrogens is 257 g/mol. The molecule has 0 fully saturated rings. The first-order chi connectivity index (χ1) is 9.58. The number of anilines is 1. The average molecular weight is 275 g/mol. The van der Waals surface area contributed by atoms with Crippen molar-refractivity contribution in [3.8, 4) is 5.75 Å². The molecule has 1 unspecified atom stereocenters. The summed E-state index contributed by atoms with van der Waals surface area (Å²) in [6.45, 7) is 0.0117. The van der Waals surface area contributed by atoms with E-state index < -0.39 is 11.9 Å². The van der Waals surface area contributed by atoms with E-state index in [0.717, 1.165) is 5.69 Å². The maximum atomic E-state index is 13.5. The molecule has 0 saturated carbocycles. The van der Waals surface area contributed by atoms with Crippen molar-refractivity contribution in [1.82, 2.24) is 0 Å². The predicted octanol–water partition coefficient (Wildman–Crippen LogP) is 3.00. The number of aliphatic hydroxyl groups is 1. The number of aliphatic hydroxyl groups excluding tert-OH is 1. The van der Waals surface area contributed by atoms with E-state index in [4.69, 9.17) is 4.74 Å². The standard InChI is InChI=1S/C16H18FNO2/c1-18(2)12-6-5-7-13(10-12)20-11-16(19)14-8-3-4-9-15(14)17/h3-10,16,19H,11H2,1-2H3. The van der Waals surface area contributed by atoms with Crippen LogP contribution in [0.25, 0.3) is 0 Å². The van der Waals surface area contributed by atoms with Gasteiger partial charge < -0.3 is 14.7 Å². The molecule has 3 nitrogen and oxygen atoms in total. The minimum Gasteiger partial charge on any atom is -0.490 e. The van der Waals surface area contributed by atoms with Crippen LogP contribution in [0.3, 0.4) is 0 Å². The average Bonchev–Trinajstić information content (AvgIpc) is 2.45. The highest BCUT2D eigenvalue weighted by Gasteiger charge is 2.13. The fourth-order valence-corrected chi connectivity index (χ4v) is 1.86. The summed E-state index contributed by atoms with van der Waals surface area (Å²) in [5.74, 6) is 0.220. The van der Waals surface area contributed by atoms with Crippen LogP contribution in [0.4, 0.5) is 10.1 Å². The van der Waals surface area contributed by atoms with Crippen molar-refractivity contribution >= 4 is 5.69 Å². The van der Waals surface area contributed by atoms with Crippen LogP contribution < -0.4 is 9.64 Å². The van der Waals surface area contributed by atoms with Gasteiger partial charge in [0.15, 0.2) is 0 Å². The Bertz CT molecular complexity index is 572. The number of nitrogens with zero attached hydrogens (tertiary/aromatic N) is 1. The van der Waals surface area contributed by atoms with E-state index in [1.807, 2.05) is 37.2 Å². The zero-order valence-corrected chi connectivity index (χ0v) is 11.6. The van der Waals surface area contributed by atoms with Crippen molar-refractivity contribution < 1.29 is 14.2 Å². The van der Waals surface area contributed by atoms with E-state index in [2.05, 4.69) is 0 Å². The van der Waals surface area contributed by atoms with Crippen LogP contribution in [0, 0.1) is 5.82 Å². The third-order valence-corrected chi connectivity index (χ3v) is 3.01. The van der Waals surface area contributed by atoms with Gasteiger partial charge >= 0.3 is 0 Å². The summed E-state index contributed by atoms with van der Waals surface area (Å²) in [6.07, 6.45) is -0.987. The number of hydrogen-bond donors (Lipinski definition) is 1. The van der Waals surface area contributed by atoms with Crippen LogP contribution in [-0.2, 0) is 0 Å². The number of ether oxygens (including phenoxy) is 1. The van der Waals surface area contributed by atoms with Crippen LogP contribution >= 0.6 is 0 Å². The van der Waals surface area contributed by atoms with Gasteiger partial charge in [0.2, 0.25) is 0 Å². The van der Waals surface area contributed by atoms with Gasteiger partial charge in [-0.15, -0.1) is 0 Å². The molecule has 2 rings (SSSR count). The normalized spacial score (nSPS) is 12.0. The van der Waals surface area contributed by atoms with Crippen molar-refractivity contribution in [2.75, 3.05) is 25.6 Å². The molecule has 0 aliphatic heterocycles. The van der Waals surface area contributed by atoms with Gasteiger partial charge in [0.25, 0.3) is 0 Å². The first-order valence-electron chi connectivity index (χ1n) is 6.40. The lowest BCUT2D eigenvalue weighted by Crippen LogP contribution is -2.12. The highest BCUT2D eigenvalue weighted by atomic mass is 19.1. The maximum absolute atomic E-state index is 13.5. The molecule has 2 aromatic rings. The van der Waals surface area contributed by atoms with Gasteiger partial charge in [0, 0.05) is 31.4 Å². The summed E-state index contributed by atoms with van der Waals surface area (Å²) in [5, 5.41) is 9.97. The van der Waals surface area contributed by atoms with Gasteiger partial charge in [-0.1, -0.05) is 24.3 Å². The molecule has 1 N–H and O–H groups in total. The summed E-state index contributed by atoms with van der Waals surface area (Å²) >= 11 is 0. The molecule has 4 heteroatoms. The third-order valence-electron chi connectivity index (χ3n) is 3.01. The van der Waals surface area contributed by atoms with Crippen LogP contribution in [-0.4, -0.2) is 25.8 Å². The molecule has 0 aliphatic carbocycles. The number of hydrogen-bond acceptors (Lipinski definition) is 3. The Labute approximate surface area is 118 Å². The topological polar surface area (TPSA) is 32.7 Å². The quantitative estimate of drug-likeness (QED) is 0.910. The van der Waals surface area contributed by atoms with Crippen molar-refractivity contribution in [3.63, 3.8) is 0 Å². The van der Waals surface area contributed by atoms with Crippen molar-refractivity contribution in [3.05, 3.63) is 59.9 Å². The molecule has 1 atom stereocenters. The molecule has 106 valence electrons. The molecule has 2 aromatic carbocycles. The Morgan fingerprint density at radius 2 is 1.90 bits per heavy atom. The summed E-state index contributed by atoms with van der Waals surface area (Å²) in [5.41, 5.74) is 1.25. The monoisotopic (exact) mass is 275 g/mol. The van der Waals surface area contributed by atoms with Crippen LogP contribution in [0.15, 0.2) is 48.5 Å². The maximum Gasteiger partial charge on any atom is 0.129 e. The van der Waals surface area contributed by atoms with E-state index in [1.54, 1.807) is 24.3 Å². The van der Waals surface area contributed by atoms with Gasteiger partial charge in [0.1, 0.15) is 24.3 Å². The molecule has 0 bridgehead atoms. The summed E-state index contributed by atoms with van der Waals surface area (Å²) in [7, 11) is 3.88. The first-order valence-corrected chi connectivity index (χ1v) is 6.40. The smallest absolute Gasteiger partial charge is 0.129 e. The molecule has 0 radical (unpaired) electrons. The Balaban J connectivity index is 2.02. The zero-order valence-electron chi connectivity index (χ0n) is 11.6. The fraction of sp³-hybridized carbons (Fsp3) is 0.250. The number of rotatable bonds is 5. The zero-order chi connectivity index (χ0) is 14.5. The highest BCUT2D eigenvalue weighted by Crippen LogP contribution is 2.22. The van der Waals surface area contributed by atoms with Crippen LogP contribution in [0.1, 0.15) is 11.7 Å².